The average molecular weight is 383 g/mol. The molecule has 0 spiro atoms. The van der Waals surface area contributed by atoms with Crippen molar-refractivity contribution in [2.24, 2.45) is 10.7 Å². The molecule has 0 aliphatic heterocycles. The number of nitrogens with two attached hydrogens (primary N) is 1. The van der Waals surface area contributed by atoms with Gasteiger partial charge < -0.3 is 15.2 Å². The predicted octanol–water partition coefficient (Wildman–Crippen LogP) is 1.35. The summed E-state index contributed by atoms with van der Waals surface area (Å²) in [7, 11) is 0.0446. The van der Waals surface area contributed by atoms with Crippen LogP contribution in [0, 0.1) is 5.92 Å². The maximum atomic E-state index is 12.1. The highest BCUT2D eigenvalue weighted by Crippen LogP contribution is 2.12. The van der Waals surface area contributed by atoms with Gasteiger partial charge >= 0.3 is 5.97 Å². The number of nitrogens with zero attached hydrogens (tertiary/aromatic N) is 4. The van der Waals surface area contributed by atoms with Crippen molar-refractivity contribution in [3.05, 3.63) is 16.7 Å². The van der Waals surface area contributed by atoms with E-state index in [1.165, 1.54) is 6.33 Å². The van der Waals surface area contributed by atoms with Gasteiger partial charge in [0.15, 0.2) is 17.2 Å². The number of esters is 1. The molecule has 2 heterocycles. The average Bonchev–Trinajstić information content (AvgIpc) is 3.02. The highest BCUT2D eigenvalue weighted by Gasteiger charge is 2.23. The van der Waals surface area contributed by atoms with Crippen LogP contribution >= 0.6 is 8.98 Å². The zero-order valence-electron chi connectivity index (χ0n) is 15.9. The maximum Gasteiger partial charge on any atom is 0.331 e. The first kappa shape index (κ1) is 18.5. The molecule has 2 rings (SSSR count). The van der Waals surface area contributed by atoms with Crippen LogP contribution in [-0.2, 0) is 21.0 Å². The van der Waals surface area contributed by atoms with Crippen LogP contribution in [0.25, 0.3) is 11.2 Å². The van der Waals surface area contributed by atoms with Crippen LogP contribution in [0.4, 0.5) is 5.95 Å². The molecule has 0 amide bonds. The van der Waals surface area contributed by atoms with E-state index in [-0.39, 0.29) is 45.8 Å². The fraction of sp³-hybridized carbons (Fsp3) is 0.600. The van der Waals surface area contributed by atoms with Gasteiger partial charge in [-0.1, -0.05) is 20.8 Å². The van der Waals surface area contributed by atoms with Crippen molar-refractivity contribution >= 4 is 32.1 Å². The Morgan fingerprint density at radius 2 is 2.35 bits per heavy atom. The van der Waals surface area contributed by atoms with Gasteiger partial charge in [0.2, 0.25) is 5.95 Å². The van der Waals surface area contributed by atoms with Gasteiger partial charge in [-0.25, -0.2) is 9.78 Å². The predicted molar refractivity (Wildman–Crippen MR) is 98.1 cm³/mol. The van der Waals surface area contributed by atoms with E-state index in [0.29, 0.717) is 12.1 Å². The summed E-state index contributed by atoms with van der Waals surface area (Å²) in [5.74, 6) is -0.531. The summed E-state index contributed by atoms with van der Waals surface area (Å²) >= 11 is 0. The second-order valence-corrected chi connectivity index (χ2v) is 6.33. The van der Waals surface area contributed by atoms with E-state index in [1.54, 1.807) is 4.57 Å². The summed E-state index contributed by atoms with van der Waals surface area (Å²) in [5.41, 5.74) is 5.63. The molecule has 0 saturated heterocycles. The van der Waals surface area contributed by atoms with E-state index in [4.69, 9.17) is 16.5 Å². The molecule has 0 bridgehead atoms. The summed E-state index contributed by atoms with van der Waals surface area (Å²) in [6.07, 6.45) is 1.69. The minimum atomic E-state index is -0.668. The third-order valence-corrected chi connectivity index (χ3v) is 4.06. The van der Waals surface area contributed by atoms with Crippen molar-refractivity contribution in [1.29, 1.82) is 1.28 Å². The van der Waals surface area contributed by atoms with Crippen molar-refractivity contribution in [3.8, 4) is 0 Å². The Balaban J connectivity index is 1.98. The molecule has 26 heavy (non-hydrogen) atoms. The molecule has 0 radical (unpaired) electrons. The molecule has 2 aromatic heterocycles. The Labute approximate surface area is 153 Å². The molecule has 1 unspecified atom stereocenters. The number of carbonyl (C=O) groups excluding carboxylic acids is 1. The van der Waals surface area contributed by atoms with E-state index < -0.39 is 17.6 Å². The lowest BCUT2D eigenvalue weighted by molar-refractivity contribution is -0.151. The molecule has 0 aliphatic carbocycles. The van der Waals surface area contributed by atoms with Crippen LogP contribution in [-0.4, -0.2) is 45.5 Å². The minimum Gasteiger partial charge on any atom is -0.461 e. The van der Waals surface area contributed by atoms with Crippen LogP contribution in [0.2, 0.25) is 0 Å². The topological polar surface area (TPSA) is 137 Å². The third kappa shape index (κ3) is 4.64. The van der Waals surface area contributed by atoms with Crippen molar-refractivity contribution in [2.75, 3.05) is 12.3 Å². The lowest BCUT2D eigenvalue weighted by atomic mass is 10.1. The van der Waals surface area contributed by atoms with Crippen molar-refractivity contribution in [2.45, 2.75) is 46.1 Å². The van der Waals surface area contributed by atoms with Gasteiger partial charge in [-0.05, 0) is 21.3 Å². The van der Waals surface area contributed by atoms with Crippen LogP contribution in [0.3, 0.4) is 0 Å². The van der Waals surface area contributed by atoms with Gasteiger partial charge in [0.1, 0.15) is 14.6 Å². The Morgan fingerprint density at radius 3 is 3.00 bits per heavy atom. The number of carbonyl (C=O) groups is 1. The number of nitrogen functional groups attached to an aromatic ring is 1. The number of fused-ring (bicyclic) bond motifs is 1. The fourth-order valence-corrected chi connectivity index (χ4v) is 2.61. The van der Waals surface area contributed by atoms with Gasteiger partial charge in [0.05, 0.1) is 12.4 Å². The number of hydrogen-bond acceptors (Lipinski definition) is 8. The Bertz CT molecular complexity index is 868. The van der Waals surface area contributed by atoms with E-state index in [2.05, 4.69) is 19.7 Å². The lowest BCUT2D eigenvalue weighted by Crippen LogP contribution is -2.30. The first-order chi connectivity index (χ1) is 12.9. The van der Waals surface area contributed by atoms with Gasteiger partial charge in [-0.3, -0.25) is 19.1 Å². The summed E-state index contributed by atoms with van der Waals surface area (Å²) < 4.78 is 23.7. The SMILES string of the molecule is [2H]P=N[C@H](C(=O)OCC(CC)OCn1cnc2c(=O)[nH]c(N)nc21)C(C)C. The zero-order chi connectivity index (χ0) is 20.0. The van der Waals surface area contributed by atoms with Crippen LogP contribution in [0.1, 0.15) is 27.2 Å². The molecule has 142 valence electrons. The van der Waals surface area contributed by atoms with E-state index in [9.17, 15) is 9.59 Å². The van der Waals surface area contributed by atoms with Crippen molar-refractivity contribution in [1.82, 2.24) is 19.5 Å². The molecule has 3 N–H and O–H groups in total. The fourth-order valence-electron chi connectivity index (χ4n) is 2.25. The number of anilines is 1. The monoisotopic (exact) mass is 383 g/mol. The summed E-state index contributed by atoms with van der Waals surface area (Å²) in [6, 6.07) is -0.668. The Hall–Kier alpha value is -2.32. The molecule has 10 nitrogen and oxygen atoms in total. The Morgan fingerprint density at radius 1 is 1.58 bits per heavy atom. The molecule has 11 heteroatoms. The Kier molecular flexibility index (Phi) is 6.30. The maximum absolute atomic E-state index is 12.1. The smallest absolute Gasteiger partial charge is 0.331 e. The van der Waals surface area contributed by atoms with Crippen LogP contribution in [0.15, 0.2) is 15.9 Å². The molecular formula is C15H23N6O4P. The largest absolute Gasteiger partial charge is 0.461 e. The quantitative estimate of drug-likeness (QED) is 0.492. The second kappa shape index (κ2) is 8.86. The van der Waals surface area contributed by atoms with Gasteiger partial charge in [-0.15, -0.1) is 0 Å². The normalized spacial score (nSPS) is 14.7. The number of H-pyrrole nitrogens is 1. The number of nitrogens with one attached hydrogen (secondary N) is 1. The van der Waals surface area contributed by atoms with Crippen molar-refractivity contribution < 1.29 is 14.3 Å². The van der Waals surface area contributed by atoms with Crippen LogP contribution < -0.4 is 11.3 Å². The highest BCUT2D eigenvalue weighted by atomic mass is 31.0. The number of ether oxygens (including phenoxy) is 2. The lowest BCUT2D eigenvalue weighted by Gasteiger charge is -2.19. The van der Waals surface area contributed by atoms with E-state index >= 15 is 0 Å². The summed E-state index contributed by atoms with van der Waals surface area (Å²) in [6.45, 7) is 5.73. The second-order valence-electron chi connectivity index (χ2n) is 6.10. The number of imidazole rings is 1. The van der Waals surface area contributed by atoms with E-state index in [1.807, 2.05) is 20.8 Å². The van der Waals surface area contributed by atoms with Gasteiger partial charge in [0.25, 0.3) is 5.56 Å². The standard InChI is InChI=1S/C15H23N6O4P/c1-4-9(5-24-14(23)10(20-26)8(2)3)25-7-21-6-17-11-12(21)18-15(16)19-13(11)22/h6,8-10,26H,4-5,7H2,1-3H3,(H3,16,18,19,22)/t9?,10-/m0/s1/i26D. The summed E-state index contributed by atoms with van der Waals surface area (Å²) in [4.78, 5) is 34.4. The van der Waals surface area contributed by atoms with Crippen molar-refractivity contribution in [3.63, 3.8) is 0 Å². The molecule has 0 fully saturated rings. The molecule has 2 atom stereocenters. The molecule has 0 aliphatic rings. The van der Waals surface area contributed by atoms with Gasteiger partial charge in [0, 0.05) is 0 Å². The first-order valence-electron chi connectivity index (χ1n) is 8.65. The van der Waals surface area contributed by atoms with Gasteiger partial charge in [-0.2, -0.15) is 4.98 Å². The number of hydrogen-bond donors (Lipinski definition) is 2. The first-order valence-corrected chi connectivity index (χ1v) is 8.60. The van der Waals surface area contributed by atoms with Crippen LogP contribution in [0.5, 0.6) is 0 Å². The molecule has 2 aromatic rings. The molecular weight excluding hydrogens is 359 g/mol. The zero-order valence-corrected chi connectivity index (χ0v) is 15.8. The number of aromatic nitrogens is 4. The highest BCUT2D eigenvalue weighted by molar-refractivity contribution is 7.04. The molecule has 0 saturated carbocycles. The minimum absolute atomic E-state index is 0.00705. The number of rotatable bonds is 9. The number of aromatic amines is 1. The summed E-state index contributed by atoms with van der Waals surface area (Å²) in [5, 5.41) is 0. The molecule has 0 aromatic carbocycles. The third-order valence-electron chi connectivity index (χ3n) is 3.81. The van der Waals surface area contributed by atoms with E-state index in [0.717, 1.165) is 0 Å².